The molecule has 0 bridgehead atoms. The SMILES string of the molecule is CCCC(C)N(C)C(=O)c1cc(Cl)nnc1Cl. The minimum Gasteiger partial charge on any atom is -0.339 e. The first kappa shape index (κ1) is 14.2. The van der Waals surface area contributed by atoms with Crippen molar-refractivity contribution >= 4 is 29.1 Å². The van der Waals surface area contributed by atoms with Gasteiger partial charge in [-0.2, -0.15) is 0 Å². The van der Waals surface area contributed by atoms with Crippen molar-refractivity contribution in [2.24, 2.45) is 0 Å². The lowest BCUT2D eigenvalue weighted by Crippen LogP contribution is -2.35. The summed E-state index contributed by atoms with van der Waals surface area (Å²) >= 11 is 11.5. The lowest BCUT2D eigenvalue weighted by molar-refractivity contribution is 0.0736. The quantitative estimate of drug-likeness (QED) is 0.849. The van der Waals surface area contributed by atoms with E-state index in [9.17, 15) is 4.79 Å². The van der Waals surface area contributed by atoms with Crippen LogP contribution >= 0.6 is 23.2 Å². The van der Waals surface area contributed by atoms with Crippen molar-refractivity contribution in [1.29, 1.82) is 0 Å². The van der Waals surface area contributed by atoms with Crippen LogP contribution in [0.25, 0.3) is 0 Å². The third kappa shape index (κ3) is 3.54. The highest BCUT2D eigenvalue weighted by Gasteiger charge is 2.20. The Morgan fingerprint density at radius 3 is 2.71 bits per heavy atom. The first-order valence-electron chi connectivity index (χ1n) is 5.43. The highest BCUT2D eigenvalue weighted by Crippen LogP contribution is 2.18. The molecule has 1 rings (SSSR count). The van der Waals surface area contributed by atoms with Gasteiger partial charge in [-0.25, -0.2) is 0 Å². The maximum atomic E-state index is 12.1. The number of amides is 1. The predicted molar refractivity (Wildman–Crippen MR) is 68.5 cm³/mol. The van der Waals surface area contributed by atoms with Crippen molar-refractivity contribution < 1.29 is 4.79 Å². The molecule has 0 aliphatic rings. The first-order valence-corrected chi connectivity index (χ1v) is 6.18. The Balaban J connectivity index is 2.92. The molecule has 17 heavy (non-hydrogen) atoms. The van der Waals surface area contributed by atoms with Crippen LogP contribution in [0.1, 0.15) is 37.0 Å². The number of aromatic nitrogens is 2. The second kappa shape index (κ2) is 6.17. The Kier molecular flexibility index (Phi) is 5.15. The molecule has 0 fully saturated rings. The van der Waals surface area contributed by atoms with Crippen molar-refractivity contribution in [3.8, 4) is 0 Å². The molecule has 1 atom stereocenters. The summed E-state index contributed by atoms with van der Waals surface area (Å²) in [7, 11) is 1.74. The fourth-order valence-corrected chi connectivity index (χ4v) is 1.82. The molecule has 1 aromatic heterocycles. The van der Waals surface area contributed by atoms with E-state index in [0.717, 1.165) is 12.8 Å². The standard InChI is InChI=1S/C11H15Cl2N3O/c1-4-5-7(2)16(3)11(17)8-6-9(12)14-15-10(8)13/h6-7H,4-5H2,1-3H3. The molecule has 0 radical (unpaired) electrons. The van der Waals surface area contributed by atoms with Gasteiger partial charge in [-0.15, -0.1) is 10.2 Å². The molecule has 0 saturated heterocycles. The van der Waals surface area contributed by atoms with Gasteiger partial charge in [-0.05, 0) is 19.4 Å². The topological polar surface area (TPSA) is 46.1 Å². The normalized spacial score (nSPS) is 12.3. The van der Waals surface area contributed by atoms with E-state index in [2.05, 4.69) is 17.1 Å². The Hall–Kier alpha value is -0.870. The van der Waals surface area contributed by atoms with Gasteiger partial charge in [-0.1, -0.05) is 36.5 Å². The van der Waals surface area contributed by atoms with Crippen LogP contribution in [0.3, 0.4) is 0 Å². The Bertz CT molecular complexity index is 412. The number of rotatable bonds is 4. The predicted octanol–water partition coefficient (Wildman–Crippen LogP) is 3.04. The summed E-state index contributed by atoms with van der Waals surface area (Å²) in [4.78, 5) is 13.8. The maximum absolute atomic E-state index is 12.1. The highest BCUT2D eigenvalue weighted by molar-refractivity contribution is 6.34. The smallest absolute Gasteiger partial charge is 0.257 e. The third-order valence-corrected chi connectivity index (χ3v) is 3.10. The van der Waals surface area contributed by atoms with Crippen molar-refractivity contribution in [3.63, 3.8) is 0 Å². The lowest BCUT2D eigenvalue weighted by atomic mass is 10.1. The number of carbonyl (C=O) groups excluding carboxylic acids is 1. The van der Waals surface area contributed by atoms with Crippen LogP contribution in [0.2, 0.25) is 10.3 Å². The Morgan fingerprint density at radius 2 is 2.12 bits per heavy atom. The molecule has 6 heteroatoms. The molecule has 0 aliphatic heterocycles. The molecular weight excluding hydrogens is 261 g/mol. The summed E-state index contributed by atoms with van der Waals surface area (Å²) in [5, 5.41) is 7.44. The average Bonchev–Trinajstić information content (AvgIpc) is 2.30. The number of halogens is 2. The zero-order valence-corrected chi connectivity index (χ0v) is 11.6. The van der Waals surface area contributed by atoms with Gasteiger partial charge in [0.2, 0.25) is 0 Å². The van der Waals surface area contributed by atoms with Crippen molar-refractivity contribution in [3.05, 3.63) is 21.9 Å². The summed E-state index contributed by atoms with van der Waals surface area (Å²) in [5.74, 6) is -0.187. The maximum Gasteiger partial charge on any atom is 0.257 e. The molecule has 0 N–H and O–H groups in total. The molecule has 1 unspecified atom stereocenters. The van der Waals surface area contributed by atoms with Crippen LogP contribution in [0.4, 0.5) is 0 Å². The highest BCUT2D eigenvalue weighted by atomic mass is 35.5. The van der Waals surface area contributed by atoms with E-state index in [0.29, 0.717) is 0 Å². The molecule has 4 nitrogen and oxygen atoms in total. The molecular formula is C11H15Cl2N3O. The van der Waals surface area contributed by atoms with Gasteiger partial charge in [-0.3, -0.25) is 4.79 Å². The average molecular weight is 276 g/mol. The monoisotopic (exact) mass is 275 g/mol. The van der Waals surface area contributed by atoms with E-state index in [4.69, 9.17) is 23.2 Å². The number of carbonyl (C=O) groups is 1. The van der Waals surface area contributed by atoms with Gasteiger partial charge in [0.15, 0.2) is 10.3 Å². The lowest BCUT2D eigenvalue weighted by Gasteiger charge is -2.24. The minimum absolute atomic E-state index is 0.0787. The van der Waals surface area contributed by atoms with Gasteiger partial charge in [0.1, 0.15) is 0 Å². The van der Waals surface area contributed by atoms with Crippen LogP contribution in [-0.4, -0.2) is 34.1 Å². The van der Waals surface area contributed by atoms with E-state index in [1.165, 1.54) is 6.07 Å². The Labute approximate surface area is 111 Å². The molecule has 0 saturated carbocycles. The van der Waals surface area contributed by atoms with E-state index >= 15 is 0 Å². The summed E-state index contributed by atoms with van der Waals surface area (Å²) in [5.41, 5.74) is 0.289. The molecule has 1 amide bonds. The van der Waals surface area contributed by atoms with Crippen molar-refractivity contribution in [2.75, 3.05) is 7.05 Å². The summed E-state index contributed by atoms with van der Waals surface area (Å²) < 4.78 is 0. The zero-order chi connectivity index (χ0) is 13.0. The second-order valence-electron chi connectivity index (χ2n) is 3.93. The summed E-state index contributed by atoms with van der Waals surface area (Å²) in [6, 6.07) is 1.59. The van der Waals surface area contributed by atoms with Gasteiger partial charge < -0.3 is 4.90 Å². The van der Waals surface area contributed by atoms with Crippen molar-refractivity contribution in [1.82, 2.24) is 15.1 Å². The first-order chi connectivity index (χ1) is 7.97. The number of nitrogens with zero attached hydrogens (tertiary/aromatic N) is 3. The summed E-state index contributed by atoms with van der Waals surface area (Å²) in [6.07, 6.45) is 1.95. The zero-order valence-electron chi connectivity index (χ0n) is 10.1. The van der Waals surface area contributed by atoms with Crippen LogP contribution < -0.4 is 0 Å². The third-order valence-electron chi connectivity index (χ3n) is 2.64. The van der Waals surface area contributed by atoms with Gasteiger partial charge >= 0.3 is 0 Å². The van der Waals surface area contributed by atoms with E-state index in [-0.39, 0.29) is 27.8 Å². The van der Waals surface area contributed by atoms with Crippen LogP contribution in [0.15, 0.2) is 6.07 Å². The molecule has 0 aliphatic carbocycles. The second-order valence-corrected chi connectivity index (χ2v) is 4.67. The molecule has 0 spiro atoms. The van der Waals surface area contributed by atoms with E-state index < -0.39 is 0 Å². The van der Waals surface area contributed by atoms with Crippen LogP contribution in [0.5, 0.6) is 0 Å². The number of hydrogen-bond acceptors (Lipinski definition) is 3. The molecule has 94 valence electrons. The summed E-state index contributed by atoms with van der Waals surface area (Å²) in [6.45, 7) is 4.07. The van der Waals surface area contributed by atoms with E-state index in [1.54, 1.807) is 11.9 Å². The fraction of sp³-hybridized carbons (Fsp3) is 0.545. The van der Waals surface area contributed by atoms with Gasteiger partial charge in [0.25, 0.3) is 5.91 Å². The van der Waals surface area contributed by atoms with Gasteiger partial charge in [0, 0.05) is 13.1 Å². The van der Waals surface area contributed by atoms with E-state index in [1.807, 2.05) is 6.92 Å². The Morgan fingerprint density at radius 1 is 1.47 bits per heavy atom. The van der Waals surface area contributed by atoms with Crippen LogP contribution in [0, 0.1) is 0 Å². The minimum atomic E-state index is -0.187. The molecule has 1 aromatic rings. The molecule has 0 aromatic carbocycles. The fourth-order valence-electron chi connectivity index (χ4n) is 1.50. The van der Waals surface area contributed by atoms with Crippen molar-refractivity contribution in [2.45, 2.75) is 32.7 Å². The molecule has 1 heterocycles. The van der Waals surface area contributed by atoms with Crippen LogP contribution in [-0.2, 0) is 0 Å². The van der Waals surface area contributed by atoms with Gasteiger partial charge in [0.05, 0.1) is 5.56 Å². The largest absolute Gasteiger partial charge is 0.339 e. The number of hydrogen-bond donors (Lipinski definition) is 0.